The third-order valence-corrected chi connectivity index (χ3v) is 2.33. The lowest BCUT2D eigenvalue weighted by atomic mass is 10.1. The van der Waals surface area contributed by atoms with Crippen LogP contribution in [0.2, 0.25) is 0 Å². The number of hydrogen-bond donors (Lipinski definition) is 3. The maximum atomic E-state index is 11.4. The van der Waals surface area contributed by atoms with Gasteiger partial charge in [0, 0.05) is 6.54 Å². The van der Waals surface area contributed by atoms with Gasteiger partial charge in [-0.15, -0.1) is 0 Å². The van der Waals surface area contributed by atoms with Crippen molar-refractivity contribution in [1.82, 2.24) is 4.90 Å². The summed E-state index contributed by atoms with van der Waals surface area (Å²) >= 11 is 0. The highest BCUT2D eigenvalue weighted by Gasteiger charge is 2.38. The molecule has 1 rings (SSSR count). The van der Waals surface area contributed by atoms with Crippen LogP contribution in [0, 0.1) is 0 Å². The van der Waals surface area contributed by atoms with Crippen LogP contribution in [0.3, 0.4) is 0 Å². The summed E-state index contributed by atoms with van der Waals surface area (Å²) in [6.07, 6.45) is 0.419. The number of amides is 1. The molecule has 13 heavy (non-hydrogen) atoms. The van der Waals surface area contributed by atoms with Crippen LogP contribution >= 0.6 is 0 Å². The van der Waals surface area contributed by atoms with Crippen LogP contribution < -0.4 is 5.73 Å². The van der Waals surface area contributed by atoms with Gasteiger partial charge in [0.2, 0.25) is 5.91 Å². The van der Waals surface area contributed by atoms with E-state index in [4.69, 9.17) is 10.8 Å². The van der Waals surface area contributed by atoms with E-state index < -0.39 is 11.6 Å². The fourth-order valence-corrected chi connectivity index (χ4v) is 1.46. The largest absolute Gasteiger partial charge is 0.393 e. The van der Waals surface area contributed by atoms with Crippen molar-refractivity contribution in [1.29, 1.82) is 0 Å². The van der Waals surface area contributed by atoms with Gasteiger partial charge in [-0.1, -0.05) is 0 Å². The van der Waals surface area contributed by atoms with Gasteiger partial charge < -0.3 is 20.8 Å². The molecule has 2 atom stereocenters. The van der Waals surface area contributed by atoms with Gasteiger partial charge in [-0.3, -0.25) is 4.79 Å². The molecule has 76 valence electrons. The number of carbonyl (C=O) groups is 1. The van der Waals surface area contributed by atoms with Crippen molar-refractivity contribution < 1.29 is 15.0 Å². The van der Waals surface area contributed by atoms with Crippen molar-refractivity contribution in [2.24, 2.45) is 5.73 Å². The van der Waals surface area contributed by atoms with Crippen LogP contribution in [0.4, 0.5) is 0 Å². The zero-order valence-corrected chi connectivity index (χ0v) is 7.73. The van der Waals surface area contributed by atoms with E-state index in [2.05, 4.69) is 0 Å². The summed E-state index contributed by atoms with van der Waals surface area (Å²) in [6, 6.07) is -0.541. The minimum absolute atomic E-state index is 0.177. The molecule has 0 aliphatic carbocycles. The lowest BCUT2D eigenvalue weighted by Crippen LogP contribution is -2.44. The summed E-state index contributed by atoms with van der Waals surface area (Å²) in [5, 5.41) is 18.5. The van der Waals surface area contributed by atoms with E-state index in [-0.39, 0.29) is 19.1 Å². The molecule has 0 saturated carbocycles. The van der Waals surface area contributed by atoms with Gasteiger partial charge in [0.05, 0.1) is 19.2 Å². The summed E-state index contributed by atoms with van der Waals surface area (Å²) in [6.45, 7) is 1.95. The molecule has 1 saturated heterocycles. The molecule has 2 unspecified atom stereocenters. The Morgan fingerprint density at radius 3 is 2.77 bits per heavy atom. The monoisotopic (exact) mass is 188 g/mol. The van der Waals surface area contributed by atoms with Crippen LogP contribution in [-0.4, -0.2) is 52.4 Å². The van der Waals surface area contributed by atoms with Gasteiger partial charge in [-0.2, -0.15) is 0 Å². The van der Waals surface area contributed by atoms with Crippen molar-refractivity contribution in [3.63, 3.8) is 0 Å². The fourth-order valence-electron chi connectivity index (χ4n) is 1.46. The number of nitrogens with zero attached hydrogens (tertiary/aromatic N) is 1. The van der Waals surface area contributed by atoms with Gasteiger partial charge >= 0.3 is 0 Å². The van der Waals surface area contributed by atoms with Crippen molar-refractivity contribution in [2.45, 2.75) is 25.0 Å². The standard InChI is InChI=1S/C8H16N2O3/c1-6(9)7(12)10-3-2-8(13,4-10)5-11/h6,11,13H,2-5,9H2,1H3. The summed E-state index contributed by atoms with van der Waals surface area (Å²) in [7, 11) is 0. The molecule has 5 nitrogen and oxygen atoms in total. The SMILES string of the molecule is CC(N)C(=O)N1CCC(O)(CO)C1. The molecule has 0 bridgehead atoms. The second-order valence-corrected chi connectivity index (χ2v) is 3.68. The first-order valence-electron chi connectivity index (χ1n) is 4.36. The third-order valence-electron chi connectivity index (χ3n) is 2.33. The number of nitrogens with two attached hydrogens (primary N) is 1. The van der Waals surface area contributed by atoms with E-state index in [1.807, 2.05) is 0 Å². The summed E-state index contributed by atoms with van der Waals surface area (Å²) in [5.74, 6) is -0.177. The van der Waals surface area contributed by atoms with E-state index >= 15 is 0 Å². The molecule has 5 heteroatoms. The highest BCUT2D eigenvalue weighted by molar-refractivity contribution is 5.81. The first-order valence-corrected chi connectivity index (χ1v) is 4.36. The minimum Gasteiger partial charge on any atom is -0.393 e. The van der Waals surface area contributed by atoms with Gasteiger partial charge in [-0.05, 0) is 13.3 Å². The smallest absolute Gasteiger partial charge is 0.239 e. The summed E-state index contributed by atoms with van der Waals surface area (Å²) in [4.78, 5) is 12.8. The van der Waals surface area contributed by atoms with Crippen LogP contribution in [0.25, 0.3) is 0 Å². The Labute approximate surface area is 77.1 Å². The number of likely N-dealkylation sites (tertiary alicyclic amines) is 1. The number of hydrogen-bond acceptors (Lipinski definition) is 4. The Bertz CT molecular complexity index is 208. The zero-order chi connectivity index (χ0) is 10.1. The molecular weight excluding hydrogens is 172 g/mol. The molecular formula is C8H16N2O3. The van der Waals surface area contributed by atoms with E-state index in [1.165, 1.54) is 4.90 Å². The number of carbonyl (C=O) groups excluding carboxylic acids is 1. The van der Waals surface area contributed by atoms with Crippen molar-refractivity contribution >= 4 is 5.91 Å². The molecule has 1 aliphatic rings. The lowest BCUT2D eigenvalue weighted by molar-refractivity contribution is -0.132. The molecule has 1 fully saturated rings. The zero-order valence-electron chi connectivity index (χ0n) is 7.73. The molecule has 1 aliphatic heterocycles. The van der Waals surface area contributed by atoms with E-state index in [0.29, 0.717) is 13.0 Å². The molecule has 1 heterocycles. The first-order chi connectivity index (χ1) is 5.98. The van der Waals surface area contributed by atoms with Crippen LogP contribution in [0.15, 0.2) is 0 Å². The van der Waals surface area contributed by atoms with Crippen molar-refractivity contribution in [3.8, 4) is 0 Å². The average molecular weight is 188 g/mol. The molecule has 0 radical (unpaired) electrons. The van der Waals surface area contributed by atoms with Crippen LogP contribution in [0.1, 0.15) is 13.3 Å². The number of aliphatic hydroxyl groups excluding tert-OH is 1. The maximum Gasteiger partial charge on any atom is 0.239 e. The Kier molecular flexibility index (Phi) is 2.90. The van der Waals surface area contributed by atoms with E-state index in [9.17, 15) is 9.90 Å². The highest BCUT2D eigenvalue weighted by Crippen LogP contribution is 2.20. The summed E-state index contributed by atoms with van der Waals surface area (Å²) in [5.41, 5.74) is 4.29. The van der Waals surface area contributed by atoms with Crippen molar-refractivity contribution in [3.05, 3.63) is 0 Å². The Hall–Kier alpha value is -0.650. The Morgan fingerprint density at radius 2 is 2.38 bits per heavy atom. The second kappa shape index (κ2) is 3.61. The van der Waals surface area contributed by atoms with Gasteiger partial charge in [-0.25, -0.2) is 0 Å². The van der Waals surface area contributed by atoms with E-state index in [0.717, 1.165) is 0 Å². The predicted molar refractivity (Wildman–Crippen MR) is 46.9 cm³/mol. The second-order valence-electron chi connectivity index (χ2n) is 3.68. The number of aliphatic hydroxyl groups is 2. The predicted octanol–water partition coefficient (Wildman–Crippen LogP) is -1.71. The molecule has 0 aromatic carbocycles. The number of β-amino-alcohol motifs (C(OH)–C–C–N with tert-alkyl or cyclic N) is 1. The Morgan fingerprint density at radius 1 is 1.77 bits per heavy atom. The maximum absolute atomic E-state index is 11.4. The molecule has 0 spiro atoms. The molecule has 4 N–H and O–H groups in total. The molecule has 1 amide bonds. The quantitative estimate of drug-likeness (QED) is 0.481. The van der Waals surface area contributed by atoms with Gasteiger partial charge in [0.25, 0.3) is 0 Å². The van der Waals surface area contributed by atoms with Crippen LogP contribution in [0.5, 0.6) is 0 Å². The molecule has 0 aromatic heterocycles. The fraction of sp³-hybridized carbons (Fsp3) is 0.875. The lowest BCUT2D eigenvalue weighted by Gasteiger charge is -2.21. The first kappa shape index (κ1) is 10.4. The van der Waals surface area contributed by atoms with Crippen molar-refractivity contribution in [2.75, 3.05) is 19.7 Å². The topological polar surface area (TPSA) is 86.8 Å². The van der Waals surface area contributed by atoms with Gasteiger partial charge in [0.15, 0.2) is 0 Å². The third kappa shape index (κ3) is 2.18. The number of rotatable bonds is 2. The normalized spacial score (nSPS) is 30.6. The molecule has 0 aromatic rings. The highest BCUT2D eigenvalue weighted by atomic mass is 16.3. The summed E-state index contributed by atoms with van der Waals surface area (Å²) < 4.78 is 0. The van der Waals surface area contributed by atoms with Gasteiger partial charge in [0.1, 0.15) is 5.60 Å². The average Bonchev–Trinajstić information content (AvgIpc) is 2.47. The van der Waals surface area contributed by atoms with E-state index in [1.54, 1.807) is 6.92 Å². The minimum atomic E-state index is -1.12. The Balaban J connectivity index is 2.55. The van der Waals surface area contributed by atoms with Crippen LogP contribution in [-0.2, 0) is 4.79 Å².